The summed E-state index contributed by atoms with van der Waals surface area (Å²) in [6, 6.07) is 2.77. The Kier molecular flexibility index (Phi) is 5.07. The first-order valence-corrected chi connectivity index (χ1v) is 7.20. The van der Waals surface area contributed by atoms with Crippen LogP contribution in [0.3, 0.4) is 0 Å². The van der Waals surface area contributed by atoms with E-state index < -0.39 is 11.9 Å². The van der Waals surface area contributed by atoms with Crippen LogP contribution in [0.1, 0.15) is 30.4 Å². The van der Waals surface area contributed by atoms with Crippen molar-refractivity contribution in [2.75, 3.05) is 0 Å². The number of aromatic nitrogens is 4. The molecule has 1 amide bonds. The Morgan fingerprint density at radius 3 is 2.65 bits per heavy atom. The van der Waals surface area contributed by atoms with Gasteiger partial charge < -0.3 is 5.32 Å². The van der Waals surface area contributed by atoms with Gasteiger partial charge in [-0.1, -0.05) is 0 Å². The predicted octanol–water partition coefficient (Wildman–Crippen LogP) is 2.13. The maximum atomic E-state index is 12.6. The van der Waals surface area contributed by atoms with Gasteiger partial charge in [0.15, 0.2) is 5.69 Å². The number of hydrogen-bond acceptors (Lipinski definition) is 3. The summed E-state index contributed by atoms with van der Waals surface area (Å²) in [4.78, 5) is 11.8. The van der Waals surface area contributed by atoms with Crippen LogP contribution in [0, 0.1) is 6.92 Å². The fourth-order valence-corrected chi connectivity index (χ4v) is 2.03. The number of alkyl halides is 3. The van der Waals surface area contributed by atoms with Crippen LogP contribution >= 0.6 is 0 Å². The molecular weight excluding hydrogens is 311 g/mol. The van der Waals surface area contributed by atoms with E-state index in [1.54, 1.807) is 10.7 Å². The molecule has 0 spiro atoms. The molecule has 0 saturated carbocycles. The van der Waals surface area contributed by atoms with E-state index in [1.165, 1.54) is 11.6 Å². The van der Waals surface area contributed by atoms with Gasteiger partial charge in [-0.2, -0.15) is 23.4 Å². The third kappa shape index (κ3) is 4.57. The number of hydrogen-bond donors (Lipinski definition) is 1. The van der Waals surface area contributed by atoms with Crippen LogP contribution in [0.2, 0.25) is 0 Å². The molecule has 0 aromatic carbocycles. The van der Waals surface area contributed by atoms with Crippen LogP contribution in [0.5, 0.6) is 0 Å². The molecule has 2 aromatic rings. The summed E-state index contributed by atoms with van der Waals surface area (Å²) in [6.07, 6.45) is -2.61. The smallest absolute Gasteiger partial charge is 0.350 e. The Labute approximate surface area is 131 Å². The summed E-state index contributed by atoms with van der Waals surface area (Å²) in [5.74, 6) is -0.264. The van der Waals surface area contributed by atoms with E-state index in [2.05, 4.69) is 15.5 Å². The lowest BCUT2D eigenvalue weighted by atomic mass is 10.3. The summed E-state index contributed by atoms with van der Waals surface area (Å²) in [7, 11) is 0. The molecule has 0 aliphatic rings. The van der Waals surface area contributed by atoms with Crippen molar-refractivity contribution in [3.63, 3.8) is 0 Å². The average molecular weight is 329 g/mol. The van der Waals surface area contributed by atoms with Gasteiger partial charge in [-0.15, -0.1) is 0 Å². The molecule has 9 heteroatoms. The highest BCUT2D eigenvalue weighted by molar-refractivity contribution is 5.75. The minimum atomic E-state index is -4.48. The summed E-state index contributed by atoms with van der Waals surface area (Å²) >= 11 is 0. The zero-order valence-electron chi connectivity index (χ0n) is 12.9. The maximum Gasteiger partial charge on any atom is 0.435 e. The second-order valence-electron chi connectivity index (χ2n) is 5.08. The second kappa shape index (κ2) is 6.84. The first-order valence-electron chi connectivity index (χ1n) is 7.20. The quantitative estimate of drug-likeness (QED) is 0.883. The van der Waals surface area contributed by atoms with Gasteiger partial charge in [-0.3, -0.25) is 14.2 Å². The molecule has 2 heterocycles. The minimum absolute atomic E-state index is 0.0499. The topological polar surface area (TPSA) is 64.7 Å². The van der Waals surface area contributed by atoms with Gasteiger partial charge in [0.05, 0.1) is 12.2 Å². The Hall–Kier alpha value is -2.32. The summed E-state index contributed by atoms with van der Waals surface area (Å²) < 4.78 is 40.6. The van der Waals surface area contributed by atoms with Crippen molar-refractivity contribution in [1.82, 2.24) is 24.9 Å². The molecule has 0 unspecified atom stereocenters. The number of aryl methyl sites for hydroxylation is 3. The van der Waals surface area contributed by atoms with Gasteiger partial charge in [0.1, 0.15) is 0 Å². The first-order chi connectivity index (χ1) is 10.8. The Balaban J connectivity index is 1.83. The van der Waals surface area contributed by atoms with Crippen LogP contribution < -0.4 is 5.32 Å². The van der Waals surface area contributed by atoms with Crippen LogP contribution in [0.4, 0.5) is 13.2 Å². The molecule has 0 saturated heterocycles. The predicted molar refractivity (Wildman–Crippen MR) is 76.3 cm³/mol. The summed E-state index contributed by atoms with van der Waals surface area (Å²) in [5, 5.41) is 10.4. The number of halogens is 3. The van der Waals surface area contributed by atoms with Gasteiger partial charge in [0.25, 0.3) is 0 Å². The summed E-state index contributed by atoms with van der Waals surface area (Å²) in [5.41, 5.74) is 0.155. The molecule has 2 aromatic heterocycles. The van der Waals surface area contributed by atoms with E-state index in [0.29, 0.717) is 5.69 Å². The molecule has 0 bridgehead atoms. The molecule has 2 rings (SSSR count). The van der Waals surface area contributed by atoms with Crippen molar-refractivity contribution in [2.24, 2.45) is 0 Å². The van der Waals surface area contributed by atoms with Crippen LogP contribution in [-0.2, 0) is 30.6 Å². The van der Waals surface area contributed by atoms with E-state index >= 15 is 0 Å². The first kappa shape index (κ1) is 17.0. The van der Waals surface area contributed by atoms with Gasteiger partial charge in [0.2, 0.25) is 5.91 Å². The SMILES string of the molecule is CCn1ccc(CNC(=O)CCn2nc(C(F)(F)F)cc2C)n1. The van der Waals surface area contributed by atoms with E-state index in [9.17, 15) is 18.0 Å². The van der Waals surface area contributed by atoms with Crippen molar-refractivity contribution >= 4 is 5.91 Å². The van der Waals surface area contributed by atoms with Gasteiger partial charge in [-0.25, -0.2) is 0 Å². The molecule has 0 fully saturated rings. The number of rotatable bonds is 6. The fourth-order valence-electron chi connectivity index (χ4n) is 2.03. The molecule has 0 aliphatic heterocycles. The van der Waals surface area contributed by atoms with Crippen LogP contribution in [0.25, 0.3) is 0 Å². The van der Waals surface area contributed by atoms with Crippen molar-refractivity contribution < 1.29 is 18.0 Å². The van der Waals surface area contributed by atoms with E-state index in [4.69, 9.17) is 0 Å². The van der Waals surface area contributed by atoms with E-state index in [-0.39, 0.29) is 25.4 Å². The van der Waals surface area contributed by atoms with Crippen molar-refractivity contribution in [2.45, 2.75) is 46.1 Å². The van der Waals surface area contributed by atoms with Crippen molar-refractivity contribution in [3.8, 4) is 0 Å². The average Bonchev–Trinajstić information content (AvgIpc) is 3.09. The number of carbonyl (C=O) groups is 1. The molecule has 0 radical (unpaired) electrons. The normalized spacial score (nSPS) is 11.7. The molecule has 126 valence electrons. The third-order valence-electron chi connectivity index (χ3n) is 3.31. The van der Waals surface area contributed by atoms with E-state index in [0.717, 1.165) is 18.3 Å². The Bertz CT molecular complexity index is 674. The van der Waals surface area contributed by atoms with Gasteiger partial charge >= 0.3 is 6.18 Å². The fraction of sp³-hybridized carbons (Fsp3) is 0.500. The standard InChI is InChI=1S/C14H18F3N5O/c1-3-21-6-4-11(19-21)9-18-13(23)5-7-22-10(2)8-12(20-22)14(15,16)17/h4,6,8H,3,5,7,9H2,1-2H3,(H,18,23). The molecule has 23 heavy (non-hydrogen) atoms. The largest absolute Gasteiger partial charge is 0.435 e. The highest BCUT2D eigenvalue weighted by Crippen LogP contribution is 2.28. The van der Waals surface area contributed by atoms with Crippen molar-refractivity contribution in [1.29, 1.82) is 0 Å². The molecule has 6 nitrogen and oxygen atoms in total. The number of nitrogens with zero attached hydrogens (tertiary/aromatic N) is 4. The molecule has 0 atom stereocenters. The number of amides is 1. The zero-order valence-corrected chi connectivity index (χ0v) is 12.9. The molecular formula is C14H18F3N5O. The highest BCUT2D eigenvalue weighted by Gasteiger charge is 2.34. The number of carbonyl (C=O) groups excluding carboxylic acids is 1. The second-order valence-corrected chi connectivity index (χ2v) is 5.08. The zero-order chi connectivity index (χ0) is 17.0. The van der Waals surface area contributed by atoms with Crippen LogP contribution in [-0.4, -0.2) is 25.5 Å². The van der Waals surface area contributed by atoms with E-state index in [1.807, 2.05) is 13.1 Å². The lowest BCUT2D eigenvalue weighted by molar-refractivity contribution is -0.141. The molecule has 1 N–H and O–H groups in total. The highest BCUT2D eigenvalue weighted by atomic mass is 19.4. The third-order valence-corrected chi connectivity index (χ3v) is 3.31. The maximum absolute atomic E-state index is 12.6. The van der Waals surface area contributed by atoms with Gasteiger partial charge in [0, 0.05) is 31.4 Å². The Morgan fingerprint density at radius 1 is 1.35 bits per heavy atom. The monoisotopic (exact) mass is 329 g/mol. The number of nitrogens with one attached hydrogen (secondary N) is 1. The minimum Gasteiger partial charge on any atom is -0.350 e. The van der Waals surface area contributed by atoms with Gasteiger partial charge in [-0.05, 0) is 26.0 Å². The Morgan fingerprint density at radius 2 is 2.09 bits per heavy atom. The lowest BCUT2D eigenvalue weighted by Crippen LogP contribution is -2.24. The lowest BCUT2D eigenvalue weighted by Gasteiger charge is -2.06. The molecule has 0 aliphatic carbocycles. The van der Waals surface area contributed by atoms with Crippen LogP contribution in [0.15, 0.2) is 18.3 Å². The summed E-state index contributed by atoms with van der Waals surface area (Å²) in [6.45, 7) is 4.61. The van der Waals surface area contributed by atoms with Crippen molar-refractivity contribution in [3.05, 3.63) is 35.4 Å².